The Kier molecular flexibility index (Phi) is 4.36. The van der Waals surface area contributed by atoms with Crippen LogP contribution in [0.4, 0.5) is 0 Å². The molecule has 0 aromatic carbocycles. The summed E-state index contributed by atoms with van der Waals surface area (Å²) >= 11 is 0. The topological polar surface area (TPSA) is 65.3 Å². The lowest BCUT2D eigenvalue weighted by Crippen LogP contribution is -2.34. The summed E-state index contributed by atoms with van der Waals surface area (Å²) in [7, 11) is 4.42. The fraction of sp³-hybridized carbons (Fsp3) is 0.650. The zero-order chi connectivity index (χ0) is 18.4. The van der Waals surface area contributed by atoms with Gasteiger partial charge >= 0.3 is 0 Å². The summed E-state index contributed by atoms with van der Waals surface area (Å²) < 4.78 is 1.84. The van der Waals surface area contributed by atoms with Crippen LogP contribution in [0.5, 0.6) is 0 Å². The normalized spacial score (nSPS) is 27.3. The lowest BCUT2D eigenvalue weighted by molar-refractivity contribution is 0.207. The summed E-state index contributed by atoms with van der Waals surface area (Å²) in [5.41, 5.74) is 3.22. The summed E-state index contributed by atoms with van der Waals surface area (Å²) in [5, 5.41) is 10.0. The first kappa shape index (κ1) is 17.1. The van der Waals surface area contributed by atoms with Crippen molar-refractivity contribution in [3.63, 3.8) is 0 Å². The lowest BCUT2D eigenvalue weighted by atomic mass is 9.80. The molecule has 0 spiro atoms. The lowest BCUT2D eigenvalue weighted by Gasteiger charge is -2.31. The van der Waals surface area contributed by atoms with E-state index in [1.807, 2.05) is 10.7 Å². The summed E-state index contributed by atoms with van der Waals surface area (Å²) in [6, 6.07) is 2.83. The van der Waals surface area contributed by atoms with Crippen molar-refractivity contribution in [3.05, 3.63) is 24.3 Å². The van der Waals surface area contributed by atoms with Crippen molar-refractivity contribution in [2.24, 2.45) is 5.92 Å². The molecular weight excluding hydrogens is 338 g/mol. The van der Waals surface area contributed by atoms with Gasteiger partial charge in [-0.3, -0.25) is 0 Å². The first-order chi connectivity index (χ1) is 13.2. The van der Waals surface area contributed by atoms with Gasteiger partial charge in [-0.15, -0.1) is 5.10 Å². The standard InChI is InChI=1S/C20H29N7/c1-25(2)16-8-10-26(12-16)11-14-3-5-15(6-4-14)18-19-17-7-9-21-20(17)22-13-27(19)24-23-18/h7,9,13-16,21H,3-6,8,10-12H2,1-2H3/t14?,15?,16-/m1/s1. The molecule has 2 fully saturated rings. The number of nitrogens with zero attached hydrogens (tertiary/aromatic N) is 6. The number of likely N-dealkylation sites (tertiary alicyclic amines) is 1. The van der Waals surface area contributed by atoms with Crippen LogP contribution in [0.1, 0.15) is 43.7 Å². The molecule has 7 heteroatoms. The van der Waals surface area contributed by atoms with Crippen molar-refractivity contribution in [2.45, 2.75) is 44.1 Å². The second-order valence-corrected chi connectivity index (χ2v) is 8.64. The number of nitrogens with one attached hydrogen (secondary N) is 1. The first-order valence-corrected chi connectivity index (χ1v) is 10.2. The zero-order valence-corrected chi connectivity index (χ0v) is 16.3. The highest BCUT2D eigenvalue weighted by Crippen LogP contribution is 2.38. The average molecular weight is 368 g/mol. The van der Waals surface area contributed by atoms with E-state index in [9.17, 15) is 0 Å². The molecule has 3 aromatic rings. The SMILES string of the molecule is CN(C)[C@@H]1CCN(CC2CCC(c3nnn4cnc5[nH]ccc5c34)CC2)C1. The number of likely N-dealkylation sites (N-methyl/N-ethyl adjacent to an activating group) is 1. The molecule has 2 aliphatic rings. The van der Waals surface area contributed by atoms with Crippen LogP contribution in [0, 0.1) is 5.92 Å². The van der Waals surface area contributed by atoms with Gasteiger partial charge in [-0.1, -0.05) is 5.21 Å². The molecule has 1 saturated heterocycles. The molecule has 4 heterocycles. The monoisotopic (exact) mass is 367 g/mol. The second-order valence-electron chi connectivity index (χ2n) is 8.64. The fourth-order valence-electron chi connectivity index (χ4n) is 5.08. The van der Waals surface area contributed by atoms with E-state index in [1.54, 1.807) is 6.33 Å². The second kappa shape index (κ2) is 6.87. The van der Waals surface area contributed by atoms with Crippen LogP contribution in [0.2, 0.25) is 0 Å². The van der Waals surface area contributed by atoms with Gasteiger partial charge in [-0.2, -0.15) is 0 Å². The Hall–Kier alpha value is -1.99. The Balaban J connectivity index is 1.26. The number of rotatable bonds is 4. The Morgan fingerprint density at radius 1 is 1.19 bits per heavy atom. The number of hydrogen-bond acceptors (Lipinski definition) is 5. The molecule has 1 saturated carbocycles. The van der Waals surface area contributed by atoms with Crippen LogP contribution >= 0.6 is 0 Å². The van der Waals surface area contributed by atoms with E-state index < -0.39 is 0 Å². The summed E-state index contributed by atoms with van der Waals surface area (Å²) in [6.07, 6.45) is 10.1. The Bertz CT molecular complexity index is 919. The van der Waals surface area contributed by atoms with Gasteiger partial charge in [0.15, 0.2) is 0 Å². The third-order valence-electron chi connectivity index (χ3n) is 6.72. The third-order valence-corrected chi connectivity index (χ3v) is 6.72. The maximum atomic E-state index is 4.55. The van der Waals surface area contributed by atoms with E-state index in [1.165, 1.54) is 51.7 Å². The maximum Gasteiger partial charge on any atom is 0.141 e. The number of aromatic nitrogens is 5. The molecule has 144 valence electrons. The highest BCUT2D eigenvalue weighted by atomic mass is 15.4. The Morgan fingerprint density at radius 3 is 2.81 bits per heavy atom. The van der Waals surface area contributed by atoms with Crippen LogP contribution < -0.4 is 0 Å². The van der Waals surface area contributed by atoms with E-state index in [0.717, 1.165) is 34.2 Å². The predicted molar refractivity (Wildman–Crippen MR) is 106 cm³/mol. The average Bonchev–Trinajstić information content (AvgIpc) is 3.40. The highest BCUT2D eigenvalue weighted by Gasteiger charge is 2.30. The number of hydrogen-bond donors (Lipinski definition) is 1. The van der Waals surface area contributed by atoms with E-state index in [0.29, 0.717) is 5.92 Å². The number of aromatic amines is 1. The molecule has 5 rings (SSSR count). The Labute approximate surface area is 159 Å². The van der Waals surface area contributed by atoms with E-state index in [2.05, 4.69) is 50.2 Å². The summed E-state index contributed by atoms with van der Waals surface area (Å²) in [5.74, 6) is 1.35. The first-order valence-electron chi connectivity index (χ1n) is 10.2. The van der Waals surface area contributed by atoms with Gasteiger partial charge in [-0.05, 0) is 64.7 Å². The molecule has 27 heavy (non-hydrogen) atoms. The summed E-state index contributed by atoms with van der Waals surface area (Å²) in [4.78, 5) is 12.7. The van der Waals surface area contributed by atoms with Gasteiger partial charge < -0.3 is 14.8 Å². The largest absolute Gasteiger partial charge is 0.346 e. The van der Waals surface area contributed by atoms with Crippen molar-refractivity contribution in [3.8, 4) is 0 Å². The minimum atomic E-state index is 0.521. The number of fused-ring (bicyclic) bond motifs is 3. The van der Waals surface area contributed by atoms with Gasteiger partial charge in [0, 0.05) is 36.6 Å². The van der Waals surface area contributed by atoms with Crippen molar-refractivity contribution in [1.29, 1.82) is 0 Å². The van der Waals surface area contributed by atoms with Gasteiger partial charge in [0.2, 0.25) is 0 Å². The maximum absolute atomic E-state index is 4.55. The van der Waals surface area contributed by atoms with Crippen LogP contribution in [0.15, 0.2) is 18.6 Å². The van der Waals surface area contributed by atoms with Crippen molar-refractivity contribution in [2.75, 3.05) is 33.7 Å². The van der Waals surface area contributed by atoms with Gasteiger partial charge in [-0.25, -0.2) is 9.50 Å². The molecule has 1 aliphatic carbocycles. The molecule has 0 amide bonds. The van der Waals surface area contributed by atoms with Gasteiger partial charge in [0.05, 0.1) is 5.69 Å². The van der Waals surface area contributed by atoms with Gasteiger partial charge in [0.1, 0.15) is 17.5 Å². The van der Waals surface area contributed by atoms with Crippen molar-refractivity contribution in [1.82, 2.24) is 34.6 Å². The van der Waals surface area contributed by atoms with Gasteiger partial charge in [0.25, 0.3) is 0 Å². The van der Waals surface area contributed by atoms with E-state index in [-0.39, 0.29) is 0 Å². The minimum Gasteiger partial charge on any atom is -0.346 e. The molecule has 1 aliphatic heterocycles. The third kappa shape index (κ3) is 3.12. The minimum absolute atomic E-state index is 0.521. The van der Waals surface area contributed by atoms with Crippen LogP contribution in [-0.2, 0) is 0 Å². The molecular formula is C20H29N7. The van der Waals surface area contributed by atoms with Crippen LogP contribution in [0.25, 0.3) is 16.6 Å². The quantitative estimate of drug-likeness (QED) is 0.768. The molecule has 0 unspecified atom stereocenters. The molecule has 1 atom stereocenters. The predicted octanol–water partition coefficient (Wildman–Crippen LogP) is 2.52. The van der Waals surface area contributed by atoms with Crippen molar-refractivity contribution < 1.29 is 0 Å². The molecule has 3 aromatic heterocycles. The van der Waals surface area contributed by atoms with E-state index in [4.69, 9.17) is 0 Å². The molecule has 7 nitrogen and oxygen atoms in total. The fourth-order valence-corrected chi connectivity index (χ4v) is 5.08. The van der Waals surface area contributed by atoms with Crippen LogP contribution in [-0.4, -0.2) is 74.4 Å². The van der Waals surface area contributed by atoms with Crippen molar-refractivity contribution >= 4 is 16.6 Å². The van der Waals surface area contributed by atoms with Crippen LogP contribution in [0.3, 0.4) is 0 Å². The number of H-pyrrole nitrogens is 1. The Morgan fingerprint density at radius 2 is 2.04 bits per heavy atom. The van der Waals surface area contributed by atoms with E-state index >= 15 is 0 Å². The molecule has 0 bridgehead atoms. The highest BCUT2D eigenvalue weighted by molar-refractivity contribution is 5.92. The molecule has 0 radical (unpaired) electrons. The zero-order valence-electron chi connectivity index (χ0n) is 16.3. The molecule has 1 N–H and O–H groups in total. The smallest absolute Gasteiger partial charge is 0.141 e. The summed E-state index contributed by atoms with van der Waals surface area (Å²) in [6.45, 7) is 3.77.